The molecule has 3 heterocycles. The van der Waals surface area contributed by atoms with Crippen molar-refractivity contribution < 1.29 is 55.6 Å². The van der Waals surface area contributed by atoms with Gasteiger partial charge in [-0.25, -0.2) is 27.4 Å². The lowest BCUT2D eigenvalue weighted by atomic mass is 9.84. The van der Waals surface area contributed by atoms with Gasteiger partial charge in [0.2, 0.25) is 5.88 Å². The van der Waals surface area contributed by atoms with E-state index in [1.165, 1.54) is 62.8 Å². The second kappa shape index (κ2) is 13.5. The maximum absolute atomic E-state index is 15.4. The number of halogens is 1. The lowest BCUT2D eigenvalue weighted by Crippen LogP contribution is -2.59. The third-order valence-corrected chi connectivity index (χ3v) is 9.54. The van der Waals surface area contributed by atoms with Gasteiger partial charge in [-0.1, -0.05) is 0 Å². The second-order valence-corrected chi connectivity index (χ2v) is 13.9. The van der Waals surface area contributed by atoms with Crippen LogP contribution in [-0.2, 0) is 29.8 Å². The molecule has 15 nitrogen and oxygen atoms in total. The van der Waals surface area contributed by atoms with E-state index in [9.17, 15) is 22.8 Å². The molecule has 1 fully saturated rings. The average molecular weight is 717 g/mol. The maximum Gasteiger partial charge on any atom is 0.410 e. The molecule has 1 unspecified atom stereocenters. The van der Waals surface area contributed by atoms with Gasteiger partial charge in [0.1, 0.15) is 28.1 Å². The van der Waals surface area contributed by atoms with Crippen LogP contribution in [0.4, 0.5) is 19.7 Å². The van der Waals surface area contributed by atoms with E-state index in [0.29, 0.717) is 4.31 Å². The summed E-state index contributed by atoms with van der Waals surface area (Å²) in [5.41, 5.74) is -3.87. The van der Waals surface area contributed by atoms with Crippen molar-refractivity contribution in [1.82, 2.24) is 15.2 Å². The normalized spacial score (nSPS) is 17.4. The minimum absolute atomic E-state index is 0.00619. The van der Waals surface area contributed by atoms with Gasteiger partial charge in [0.15, 0.2) is 17.1 Å². The van der Waals surface area contributed by atoms with Crippen molar-refractivity contribution >= 4 is 33.8 Å². The van der Waals surface area contributed by atoms with Crippen LogP contribution in [0.5, 0.6) is 23.1 Å². The number of benzene rings is 2. The summed E-state index contributed by atoms with van der Waals surface area (Å²) in [7, 11) is -1.12. The summed E-state index contributed by atoms with van der Waals surface area (Å²) in [6.07, 6.45) is -1.19. The first-order valence-corrected chi connectivity index (χ1v) is 16.8. The topological polar surface area (TPSA) is 172 Å². The van der Waals surface area contributed by atoms with E-state index in [1.807, 2.05) is 0 Å². The highest BCUT2D eigenvalue weighted by atomic mass is 32.2. The number of carbonyl (C=O) groups excluding carboxylic acids is 3. The number of likely N-dealkylation sites (tertiary alicyclic amines) is 1. The number of anilines is 1. The zero-order valence-electron chi connectivity index (χ0n) is 28.4. The first-order valence-electron chi connectivity index (χ1n) is 15.4. The van der Waals surface area contributed by atoms with Crippen molar-refractivity contribution in [1.29, 1.82) is 0 Å². The number of sulfonamides is 1. The molecule has 5 rings (SSSR count). The summed E-state index contributed by atoms with van der Waals surface area (Å²) in [6.45, 7) is 6.87. The molecule has 1 aromatic heterocycles. The van der Waals surface area contributed by atoms with E-state index in [2.05, 4.69) is 10.3 Å². The van der Waals surface area contributed by atoms with Gasteiger partial charge < -0.3 is 33.3 Å². The molecule has 3 amide bonds. The third kappa shape index (κ3) is 6.39. The van der Waals surface area contributed by atoms with Crippen molar-refractivity contribution in [3.05, 3.63) is 65.6 Å². The zero-order chi connectivity index (χ0) is 36.6. The minimum atomic E-state index is -4.91. The molecule has 0 bridgehead atoms. The molecule has 50 heavy (non-hydrogen) atoms. The maximum atomic E-state index is 15.4. The molecule has 0 aliphatic carbocycles. The van der Waals surface area contributed by atoms with Crippen LogP contribution in [0.3, 0.4) is 0 Å². The molecule has 0 saturated carbocycles. The number of amides is 3. The Morgan fingerprint density at radius 1 is 1.02 bits per heavy atom. The molecule has 1 saturated heterocycles. The Morgan fingerprint density at radius 2 is 1.72 bits per heavy atom. The number of aromatic nitrogens is 1. The van der Waals surface area contributed by atoms with Crippen molar-refractivity contribution in [2.45, 2.75) is 49.8 Å². The fourth-order valence-corrected chi connectivity index (χ4v) is 7.17. The number of ether oxygens (including phenoxy) is 6. The molecule has 268 valence electrons. The number of carbonyl (C=O) groups is 3. The van der Waals surface area contributed by atoms with Gasteiger partial charge in [-0.15, -0.1) is 0 Å². The predicted molar refractivity (Wildman–Crippen MR) is 175 cm³/mol. The number of hydrogen-bond acceptors (Lipinski definition) is 12. The Hall–Kier alpha value is -5.32. The number of hydrogen-bond donors (Lipinski definition) is 1. The molecule has 2 aliphatic rings. The van der Waals surface area contributed by atoms with E-state index in [-0.39, 0.29) is 54.0 Å². The van der Waals surface area contributed by atoms with E-state index in [4.69, 9.17) is 28.4 Å². The van der Waals surface area contributed by atoms with Gasteiger partial charge in [0.25, 0.3) is 15.9 Å². The van der Waals surface area contributed by atoms with Gasteiger partial charge >= 0.3 is 12.2 Å². The van der Waals surface area contributed by atoms with Crippen LogP contribution < -0.4 is 28.6 Å². The van der Waals surface area contributed by atoms with E-state index < -0.39 is 61.8 Å². The molecule has 2 aromatic carbocycles. The summed E-state index contributed by atoms with van der Waals surface area (Å²) < 4.78 is 77.2. The van der Waals surface area contributed by atoms with Crippen molar-refractivity contribution in [2.75, 3.05) is 45.3 Å². The van der Waals surface area contributed by atoms with Crippen molar-refractivity contribution in [3.8, 4) is 23.1 Å². The van der Waals surface area contributed by atoms with Crippen LogP contribution in [0.2, 0.25) is 0 Å². The van der Waals surface area contributed by atoms with Gasteiger partial charge in [-0.05, 0) is 58.0 Å². The number of fused-ring (bicyclic) bond motifs is 1. The number of rotatable bonds is 10. The van der Waals surface area contributed by atoms with Crippen LogP contribution in [0.25, 0.3) is 0 Å². The molecule has 1 N–H and O–H groups in total. The Labute approximate surface area is 288 Å². The fourth-order valence-electron chi connectivity index (χ4n) is 5.57. The zero-order valence-corrected chi connectivity index (χ0v) is 29.3. The van der Waals surface area contributed by atoms with Gasteiger partial charge in [0.05, 0.1) is 52.3 Å². The molecule has 17 heteroatoms. The molecule has 0 radical (unpaired) electrons. The van der Waals surface area contributed by atoms with Crippen LogP contribution in [0.15, 0.2) is 53.6 Å². The van der Waals surface area contributed by atoms with E-state index in [0.717, 1.165) is 12.1 Å². The number of methoxy groups -OCH3 is 3. The third-order valence-electron chi connectivity index (χ3n) is 7.81. The van der Waals surface area contributed by atoms with Crippen LogP contribution in [0, 0.1) is 5.82 Å². The molecular weight excluding hydrogens is 679 g/mol. The molecule has 0 spiro atoms. The standard InChI is InChI=1S/C33H37FN4O11S/c1-8-47-28-21(10-9-13-35-28)33(36-30(40)48-20-17-37(18-20)31(41)49-32(2,3)4)22-15-25(45-6)23(34)16-24(22)38(29(33)39)50(42,43)27-12-11-19(44-5)14-26(27)46-7/h9-16,20H,8,17-18H2,1-7H3,(H,36,40). The summed E-state index contributed by atoms with van der Waals surface area (Å²) in [5.74, 6) is -2.62. The highest BCUT2D eigenvalue weighted by molar-refractivity contribution is 7.93. The van der Waals surface area contributed by atoms with E-state index >= 15 is 4.39 Å². The van der Waals surface area contributed by atoms with Gasteiger partial charge in [0, 0.05) is 23.9 Å². The molecule has 1 atom stereocenters. The minimum Gasteiger partial charge on any atom is -0.497 e. The lowest BCUT2D eigenvalue weighted by Gasteiger charge is -2.39. The Balaban J connectivity index is 1.64. The Bertz CT molecular complexity index is 1930. The van der Waals surface area contributed by atoms with Crippen molar-refractivity contribution in [2.24, 2.45) is 0 Å². The monoisotopic (exact) mass is 716 g/mol. The summed E-state index contributed by atoms with van der Waals surface area (Å²) >= 11 is 0. The van der Waals surface area contributed by atoms with Crippen molar-refractivity contribution in [3.63, 3.8) is 0 Å². The average Bonchev–Trinajstić information content (AvgIpc) is 3.28. The first-order chi connectivity index (χ1) is 23.6. The molecule has 3 aromatic rings. The van der Waals surface area contributed by atoms with E-state index in [1.54, 1.807) is 27.7 Å². The highest BCUT2D eigenvalue weighted by Crippen LogP contribution is 2.51. The fraction of sp³-hybridized carbons (Fsp3) is 0.394. The predicted octanol–water partition coefficient (Wildman–Crippen LogP) is 3.97. The van der Waals surface area contributed by atoms with Crippen LogP contribution in [0.1, 0.15) is 38.8 Å². The first kappa shape index (κ1) is 36.0. The number of nitrogens with one attached hydrogen (secondary N) is 1. The number of pyridine rings is 1. The highest BCUT2D eigenvalue weighted by Gasteiger charge is 2.60. The van der Waals surface area contributed by atoms with Gasteiger partial charge in [-0.2, -0.15) is 4.31 Å². The summed E-state index contributed by atoms with van der Waals surface area (Å²) in [4.78, 5) is 46.3. The quantitative estimate of drug-likeness (QED) is 0.321. The molecule has 2 aliphatic heterocycles. The Morgan fingerprint density at radius 3 is 2.34 bits per heavy atom. The molecular formula is C33H37FN4O11S. The number of alkyl carbamates (subject to hydrolysis) is 1. The van der Waals surface area contributed by atoms with Gasteiger partial charge in [-0.3, -0.25) is 10.1 Å². The lowest BCUT2D eigenvalue weighted by molar-refractivity contribution is -0.121. The smallest absolute Gasteiger partial charge is 0.410 e. The SMILES string of the molecule is CCOc1ncccc1C1(NC(=O)OC2CN(C(=O)OC(C)(C)C)C2)C(=O)N(S(=O)(=O)c2ccc(OC)cc2OC)c2cc(F)c(OC)cc21. The Kier molecular flexibility index (Phi) is 9.74. The van der Waals surface area contributed by atoms with Crippen LogP contribution in [-0.4, -0.2) is 89.1 Å². The summed E-state index contributed by atoms with van der Waals surface area (Å²) in [6, 6.07) is 8.61. The van der Waals surface area contributed by atoms with Crippen LogP contribution >= 0.6 is 0 Å². The summed E-state index contributed by atoms with van der Waals surface area (Å²) in [5, 5.41) is 2.57. The number of nitrogens with zero attached hydrogens (tertiary/aromatic N) is 3. The second-order valence-electron chi connectivity index (χ2n) is 12.2. The largest absolute Gasteiger partial charge is 0.497 e.